The van der Waals surface area contributed by atoms with E-state index < -0.39 is 0 Å². The van der Waals surface area contributed by atoms with E-state index in [0.717, 1.165) is 0 Å². The lowest BCUT2D eigenvalue weighted by molar-refractivity contribution is 0.318. The second-order valence-corrected chi connectivity index (χ2v) is 1.47. The van der Waals surface area contributed by atoms with E-state index in [1.165, 1.54) is 0 Å². The Bertz CT molecular complexity index is 67.3. The number of alkyl halides is 2. The monoisotopic (exact) mass is 141 g/mol. The zero-order chi connectivity index (χ0) is 5.70. The highest BCUT2D eigenvalue weighted by atomic mass is 35.5. The van der Waals surface area contributed by atoms with Gasteiger partial charge in [-0.25, -0.2) is 0 Å². The first kappa shape index (κ1) is 7.05. The van der Waals surface area contributed by atoms with E-state index in [-0.39, 0.29) is 11.8 Å². The topological polar surface area (TPSA) is 32.6 Å². The van der Waals surface area contributed by atoms with Crippen LogP contribution in [-0.4, -0.2) is 22.7 Å². The number of halogens is 2. The lowest BCUT2D eigenvalue weighted by Gasteiger charge is -1.86. The number of nitrogens with zero attached hydrogens (tertiary/aromatic N) is 1. The van der Waals surface area contributed by atoms with Crippen LogP contribution in [0.2, 0.25) is 0 Å². The number of hydrogen-bond acceptors (Lipinski definition) is 2. The highest BCUT2D eigenvalue weighted by Gasteiger charge is 1.90. The van der Waals surface area contributed by atoms with Crippen LogP contribution >= 0.6 is 23.2 Å². The van der Waals surface area contributed by atoms with E-state index in [2.05, 4.69) is 5.16 Å². The van der Waals surface area contributed by atoms with E-state index >= 15 is 0 Å². The summed E-state index contributed by atoms with van der Waals surface area (Å²) in [6.45, 7) is 0. The fourth-order valence-electron chi connectivity index (χ4n) is 0.0892. The van der Waals surface area contributed by atoms with Crippen molar-refractivity contribution in [1.82, 2.24) is 0 Å². The molecule has 7 heavy (non-hydrogen) atoms. The molecule has 0 heterocycles. The van der Waals surface area contributed by atoms with E-state index in [1.807, 2.05) is 0 Å². The summed E-state index contributed by atoms with van der Waals surface area (Å²) in [5.74, 6) is 0.389. The summed E-state index contributed by atoms with van der Waals surface area (Å²) in [5, 5.41) is 10.7. The van der Waals surface area contributed by atoms with E-state index in [1.54, 1.807) is 0 Å². The van der Waals surface area contributed by atoms with Crippen LogP contribution in [0.5, 0.6) is 0 Å². The summed E-state index contributed by atoms with van der Waals surface area (Å²) in [6, 6.07) is 0. The Kier molecular flexibility index (Phi) is 4.25. The van der Waals surface area contributed by atoms with Crippen molar-refractivity contribution in [2.45, 2.75) is 0 Å². The molecular weight excluding hydrogens is 137 g/mol. The van der Waals surface area contributed by atoms with Crippen molar-refractivity contribution in [2.24, 2.45) is 5.16 Å². The maximum absolute atomic E-state index is 7.95. The van der Waals surface area contributed by atoms with Gasteiger partial charge < -0.3 is 5.21 Å². The number of hydrogen-bond donors (Lipinski definition) is 1. The highest BCUT2D eigenvalue weighted by Crippen LogP contribution is 1.85. The van der Waals surface area contributed by atoms with Crippen LogP contribution in [0.3, 0.4) is 0 Å². The van der Waals surface area contributed by atoms with Gasteiger partial charge in [0.05, 0.1) is 17.5 Å². The third-order valence-corrected chi connectivity index (χ3v) is 1.07. The van der Waals surface area contributed by atoms with Gasteiger partial charge in [0.2, 0.25) is 0 Å². The van der Waals surface area contributed by atoms with Gasteiger partial charge in [-0.05, 0) is 0 Å². The van der Waals surface area contributed by atoms with E-state index in [4.69, 9.17) is 28.4 Å². The molecule has 0 aromatic carbocycles. The van der Waals surface area contributed by atoms with Crippen LogP contribution in [-0.2, 0) is 0 Å². The average molecular weight is 142 g/mol. The van der Waals surface area contributed by atoms with Crippen molar-refractivity contribution in [3.05, 3.63) is 0 Å². The Labute approximate surface area is 51.7 Å². The van der Waals surface area contributed by atoms with Gasteiger partial charge in [0.15, 0.2) is 0 Å². The third-order valence-electron chi connectivity index (χ3n) is 0.450. The highest BCUT2D eigenvalue weighted by molar-refractivity contribution is 6.36. The van der Waals surface area contributed by atoms with Crippen molar-refractivity contribution in [3.8, 4) is 0 Å². The van der Waals surface area contributed by atoms with Gasteiger partial charge in [-0.3, -0.25) is 0 Å². The summed E-state index contributed by atoms with van der Waals surface area (Å²) in [6.07, 6.45) is 0. The molecule has 0 aliphatic carbocycles. The zero-order valence-corrected chi connectivity index (χ0v) is 5.08. The predicted octanol–water partition coefficient (Wildman–Crippen LogP) is 1.29. The molecule has 0 spiro atoms. The minimum absolute atomic E-state index is 0.194. The van der Waals surface area contributed by atoms with Gasteiger partial charge in [-0.1, -0.05) is 5.16 Å². The van der Waals surface area contributed by atoms with Crippen LogP contribution in [0.4, 0.5) is 0 Å². The molecule has 0 unspecified atom stereocenters. The zero-order valence-electron chi connectivity index (χ0n) is 3.56. The van der Waals surface area contributed by atoms with Crippen LogP contribution < -0.4 is 0 Å². The van der Waals surface area contributed by atoms with Crippen LogP contribution in [0.25, 0.3) is 0 Å². The van der Waals surface area contributed by atoms with Crippen molar-refractivity contribution in [1.29, 1.82) is 0 Å². The van der Waals surface area contributed by atoms with Crippen molar-refractivity contribution < 1.29 is 5.21 Å². The number of oxime groups is 1. The fraction of sp³-hybridized carbons (Fsp3) is 0.667. The summed E-state index contributed by atoms with van der Waals surface area (Å²) in [5.41, 5.74) is 0.392. The minimum atomic E-state index is 0.194. The smallest absolute Gasteiger partial charge is 0.0865 e. The first-order valence-corrected chi connectivity index (χ1v) is 2.73. The quantitative estimate of drug-likeness (QED) is 0.268. The first-order chi connectivity index (χ1) is 3.35. The maximum Gasteiger partial charge on any atom is 0.0865 e. The molecule has 2 nitrogen and oxygen atoms in total. The summed E-state index contributed by atoms with van der Waals surface area (Å²) < 4.78 is 0. The number of rotatable bonds is 2. The van der Waals surface area contributed by atoms with Crippen LogP contribution in [0, 0.1) is 0 Å². The lowest BCUT2D eigenvalue weighted by Crippen LogP contribution is -2.00. The van der Waals surface area contributed by atoms with Gasteiger partial charge in [-0.15, -0.1) is 23.2 Å². The molecule has 0 atom stereocenters. The molecule has 0 amide bonds. The lowest BCUT2D eigenvalue weighted by atomic mass is 10.5. The van der Waals surface area contributed by atoms with Crippen LogP contribution in [0.1, 0.15) is 0 Å². The molecule has 0 saturated heterocycles. The van der Waals surface area contributed by atoms with Crippen molar-refractivity contribution >= 4 is 28.9 Å². The Hall–Kier alpha value is 0.0500. The molecular formula is C3H5Cl2NO. The second-order valence-electron chi connectivity index (χ2n) is 0.933. The molecule has 0 aromatic heterocycles. The average Bonchev–Trinajstić information content (AvgIpc) is 1.72. The summed E-state index contributed by atoms with van der Waals surface area (Å²) in [7, 11) is 0. The molecule has 4 heteroatoms. The largest absolute Gasteiger partial charge is 0.411 e. The summed E-state index contributed by atoms with van der Waals surface area (Å²) >= 11 is 10.4. The first-order valence-electron chi connectivity index (χ1n) is 1.67. The van der Waals surface area contributed by atoms with Crippen molar-refractivity contribution in [3.63, 3.8) is 0 Å². The van der Waals surface area contributed by atoms with Gasteiger partial charge in [0.25, 0.3) is 0 Å². The summed E-state index contributed by atoms with van der Waals surface area (Å²) in [4.78, 5) is 0. The molecule has 0 aliphatic rings. The molecule has 0 rings (SSSR count). The predicted molar refractivity (Wildman–Crippen MR) is 30.7 cm³/mol. The molecule has 1 N–H and O–H groups in total. The molecule has 0 aromatic rings. The van der Waals surface area contributed by atoms with Crippen LogP contribution in [0.15, 0.2) is 5.16 Å². The normalized spacial score (nSPS) is 8.29. The second kappa shape index (κ2) is 4.22. The molecule has 0 aliphatic heterocycles. The fourth-order valence-corrected chi connectivity index (χ4v) is 0.482. The van der Waals surface area contributed by atoms with Gasteiger partial charge in [0, 0.05) is 0 Å². The van der Waals surface area contributed by atoms with Gasteiger partial charge >= 0.3 is 0 Å². The Morgan fingerprint density at radius 2 is 1.86 bits per heavy atom. The SMILES string of the molecule is ON=C(CCl)CCl. The van der Waals surface area contributed by atoms with Gasteiger partial charge in [0.1, 0.15) is 0 Å². The Morgan fingerprint density at radius 1 is 1.43 bits per heavy atom. The molecule has 0 bridgehead atoms. The molecule has 0 radical (unpaired) electrons. The Balaban J connectivity index is 3.38. The van der Waals surface area contributed by atoms with E-state index in [9.17, 15) is 0 Å². The van der Waals surface area contributed by atoms with E-state index in [0.29, 0.717) is 5.71 Å². The van der Waals surface area contributed by atoms with Crippen molar-refractivity contribution in [2.75, 3.05) is 11.8 Å². The third kappa shape index (κ3) is 2.71. The maximum atomic E-state index is 7.95. The molecule has 42 valence electrons. The molecule has 0 fully saturated rings. The molecule has 0 saturated carbocycles. The Morgan fingerprint density at radius 3 is 1.86 bits per heavy atom. The standard InChI is InChI=1S/C3H5Cl2NO/c4-1-3(2-5)6-7/h7H,1-2H2. The van der Waals surface area contributed by atoms with Gasteiger partial charge in [-0.2, -0.15) is 0 Å². The minimum Gasteiger partial charge on any atom is -0.411 e.